The fraction of sp³-hybridized carbons (Fsp3) is 0.130. The molecule has 1 unspecified atom stereocenters. The maximum atomic E-state index is 12.8. The number of halogens is 1. The Morgan fingerprint density at radius 1 is 1.06 bits per heavy atom. The summed E-state index contributed by atoms with van der Waals surface area (Å²) in [7, 11) is 0. The minimum absolute atomic E-state index is 0.102. The molecule has 156 valence electrons. The van der Waals surface area contributed by atoms with Gasteiger partial charge in [0.2, 0.25) is 5.91 Å². The summed E-state index contributed by atoms with van der Waals surface area (Å²) < 4.78 is 2.95. The smallest absolute Gasteiger partial charge is 0.237 e. The largest absolute Gasteiger partial charge is 0.325 e. The van der Waals surface area contributed by atoms with E-state index in [0.29, 0.717) is 11.0 Å². The van der Waals surface area contributed by atoms with E-state index in [-0.39, 0.29) is 11.2 Å². The third kappa shape index (κ3) is 4.86. The molecule has 0 aliphatic carbocycles. The van der Waals surface area contributed by atoms with Gasteiger partial charge in [-0.2, -0.15) is 0 Å². The number of amides is 1. The van der Waals surface area contributed by atoms with Crippen molar-refractivity contribution >= 4 is 39.3 Å². The summed E-state index contributed by atoms with van der Waals surface area (Å²) in [6.45, 7) is 3.90. The Balaban J connectivity index is 1.65. The van der Waals surface area contributed by atoms with E-state index in [1.165, 1.54) is 11.8 Å². The van der Waals surface area contributed by atoms with Crippen LogP contribution < -0.4 is 5.32 Å². The van der Waals surface area contributed by atoms with Gasteiger partial charge in [-0.05, 0) is 61.9 Å². The molecule has 1 N–H and O–H groups in total. The maximum Gasteiger partial charge on any atom is 0.237 e. The lowest BCUT2D eigenvalue weighted by Crippen LogP contribution is -2.22. The van der Waals surface area contributed by atoms with Crippen LogP contribution in [-0.4, -0.2) is 30.9 Å². The molecular weight excluding hydrogens is 474 g/mol. The molecule has 0 spiro atoms. The highest BCUT2D eigenvalue weighted by molar-refractivity contribution is 9.10. The lowest BCUT2D eigenvalue weighted by atomic mass is 10.2. The second-order valence-corrected chi connectivity index (χ2v) is 9.15. The van der Waals surface area contributed by atoms with Crippen LogP contribution in [0.3, 0.4) is 0 Å². The fourth-order valence-corrected chi connectivity index (χ4v) is 4.17. The molecule has 4 aromatic rings. The third-order valence-corrected chi connectivity index (χ3v) is 6.24. The molecule has 0 bridgehead atoms. The fourth-order valence-electron chi connectivity index (χ4n) is 3.05. The van der Waals surface area contributed by atoms with Crippen molar-refractivity contribution in [1.29, 1.82) is 0 Å². The first kappa shape index (κ1) is 21.3. The van der Waals surface area contributed by atoms with Crippen molar-refractivity contribution in [3.63, 3.8) is 0 Å². The molecule has 0 aliphatic heterocycles. The van der Waals surface area contributed by atoms with Gasteiger partial charge in [0.15, 0.2) is 11.0 Å². The number of hydrogen-bond donors (Lipinski definition) is 1. The van der Waals surface area contributed by atoms with Crippen LogP contribution in [0.4, 0.5) is 5.69 Å². The van der Waals surface area contributed by atoms with E-state index in [1.807, 2.05) is 79.1 Å². The van der Waals surface area contributed by atoms with Crippen LogP contribution in [0.15, 0.2) is 82.7 Å². The number of rotatable bonds is 6. The number of carbonyl (C=O) groups is 1. The van der Waals surface area contributed by atoms with Crippen LogP contribution in [0.2, 0.25) is 0 Å². The summed E-state index contributed by atoms with van der Waals surface area (Å²) in [5, 5.41) is 12.1. The molecule has 1 amide bonds. The average molecular weight is 494 g/mol. The van der Waals surface area contributed by atoms with Gasteiger partial charge in [-0.15, -0.1) is 10.2 Å². The predicted octanol–water partition coefficient (Wildman–Crippen LogP) is 5.52. The van der Waals surface area contributed by atoms with Crippen LogP contribution in [-0.2, 0) is 4.79 Å². The molecule has 2 aromatic carbocycles. The number of nitrogens with zero attached hydrogens (tertiary/aromatic N) is 4. The highest BCUT2D eigenvalue weighted by atomic mass is 79.9. The highest BCUT2D eigenvalue weighted by Gasteiger charge is 2.22. The topological polar surface area (TPSA) is 72.7 Å². The van der Waals surface area contributed by atoms with Crippen molar-refractivity contribution in [2.75, 3.05) is 5.32 Å². The van der Waals surface area contributed by atoms with Crippen molar-refractivity contribution < 1.29 is 4.79 Å². The molecule has 0 saturated carbocycles. The highest BCUT2D eigenvalue weighted by Crippen LogP contribution is 2.31. The lowest BCUT2D eigenvalue weighted by molar-refractivity contribution is -0.115. The van der Waals surface area contributed by atoms with E-state index in [9.17, 15) is 4.79 Å². The number of hydrogen-bond acceptors (Lipinski definition) is 5. The standard InChI is InChI=1S/C23H20BrN5OS/c1-15-6-3-4-8-20(15)29-21(17-7-5-13-25-14-17)27-28-23(29)31-16(2)22(30)26-19-11-9-18(24)10-12-19/h3-14,16H,1-2H3,(H,26,30). The maximum absolute atomic E-state index is 12.8. The number of para-hydroxylation sites is 1. The molecule has 2 heterocycles. The van der Waals surface area contributed by atoms with E-state index < -0.39 is 0 Å². The molecule has 0 fully saturated rings. The van der Waals surface area contributed by atoms with Gasteiger partial charge in [0.05, 0.1) is 10.9 Å². The quantitative estimate of drug-likeness (QED) is 0.358. The molecule has 0 radical (unpaired) electrons. The number of anilines is 1. The summed E-state index contributed by atoms with van der Waals surface area (Å²) in [4.78, 5) is 17.0. The Kier molecular flexibility index (Phi) is 6.48. The number of aryl methyl sites for hydroxylation is 1. The summed E-state index contributed by atoms with van der Waals surface area (Å²) in [5.74, 6) is 0.583. The monoisotopic (exact) mass is 493 g/mol. The number of carbonyl (C=O) groups excluding carboxylic acids is 1. The minimum Gasteiger partial charge on any atom is -0.325 e. The van der Waals surface area contributed by atoms with Crippen LogP contribution in [0.1, 0.15) is 12.5 Å². The summed E-state index contributed by atoms with van der Waals surface area (Å²) in [5.41, 5.74) is 3.66. The zero-order valence-electron chi connectivity index (χ0n) is 17.0. The molecule has 1 atom stereocenters. The lowest BCUT2D eigenvalue weighted by Gasteiger charge is -2.15. The van der Waals surface area contributed by atoms with E-state index in [4.69, 9.17) is 0 Å². The van der Waals surface area contributed by atoms with Crippen LogP contribution >= 0.6 is 27.7 Å². The van der Waals surface area contributed by atoms with Crippen molar-refractivity contribution in [3.05, 3.63) is 83.1 Å². The van der Waals surface area contributed by atoms with Gasteiger partial charge in [-0.25, -0.2) is 0 Å². The van der Waals surface area contributed by atoms with Gasteiger partial charge in [0.25, 0.3) is 0 Å². The Labute approximate surface area is 193 Å². The van der Waals surface area contributed by atoms with Crippen molar-refractivity contribution in [2.24, 2.45) is 0 Å². The van der Waals surface area contributed by atoms with Crippen molar-refractivity contribution in [3.8, 4) is 17.1 Å². The van der Waals surface area contributed by atoms with E-state index in [0.717, 1.165) is 27.0 Å². The first-order valence-electron chi connectivity index (χ1n) is 9.68. The number of benzene rings is 2. The summed E-state index contributed by atoms with van der Waals surface area (Å²) in [6, 6.07) is 19.4. The van der Waals surface area contributed by atoms with Gasteiger partial charge in [-0.3, -0.25) is 14.3 Å². The van der Waals surface area contributed by atoms with E-state index >= 15 is 0 Å². The molecule has 0 aliphatic rings. The Morgan fingerprint density at radius 2 is 1.84 bits per heavy atom. The van der Waals surface area contributed by atoms with E-state index in [1.54, 1.807) is 12.4 Å². The third-order valence-electron chi connectivity index (χ3n) is 4.67. The Bertz CT molecular complexity index is 1190. The zero-order chi connectivity index (χ0) is 21.8. The van der Waals surface area contributed by atoms with Crippen LogP contribution in [0.5, 0.6) is 0 Å². The molecule has 8 heteroatoms. The molecule has 6 nitrogen and oxygen atoms in total. The van der Waals surface area contributed by atoms with Gasteiger partial charge in [0.1, 0.15) is 0 Å². The molecule has 31 heavy (non-hydrogen) atoms. The van der Waals surface area contributed by atoms with Crippen molar-refractivity contribution in [1.82, 2.24) is 19.7 Å². The minimum atomic E-state index is -0.377. The summed E-state index contributed by atoms with van der Waals surface area (Å²) >= 11 is 4.77. The second kappa shape index (κ2) is 9.45. The van der Waals surface area contributed by atoms with E-state index in [2.05, 4.69) is 36.4 Å². The van der Waals surface area contributed by atoms with Crippen LogP contribution in [0, 0.1) is 6.92 Å². The van der Waals surface area contributed by atoms with Gasteiger partial charge in [0, 0.05) is 28.1 Å². The van der Waals surface area contributed by atoms with Crippen LogP contribution in [0.25, 0.3) is 17.1 Å². The number of nitrogens with one attached hydrogen (secondary N) is 1. The first-order chi connectivity index (χ1) is 15.0. The Hall–Kier alpha value is -2.97. The second-order valence-electron chi connectivity index (χ2n) is 6.93. The molecule has 4 rings (SSSR count). The van der Waals surface area contributed by atoms with Gasteiger partial charge >= 0.3 is 0 Å². The predicted molar refractivity (Wildman–Crippen MR) is 127 cm³/mol. The SMILES string of the molecule is Cc1ccccc1-n1c(SC(C)C(=O)Nc2ccc(Br)cc2)nnc1-c1cccnc1. The molecular formula is C23H20BrN5OS. The van der Waals surface area contributed by atoms with Crippen molar-refractivity contribution in [2.45, 2.75) is 24.3 Å². The van der Waals surface area contributed by atoms with Gasteiger partial charge in [-0.1, -0.05) is 45.9 Å². The molecule has 0 saturated heterocycles. The first-order valence-corrected chi connectivity index (χ1v) is 11.3. The number of pyridine rings is 1. The number of aromatic nitrogens is 4. The Morgan fingerprint density at radius 3 is 2.55 bits per heavy atom. The summed E-state index contributed by atoms with van der Waals surface area (Å²) in [6.07, 6.45) is 3.49. The van der Waals surface area contributed by atoms with Gasteiger partial charge < -0.3 is 5.32 Å². The normalized spacial score (nSPS) is 11.8. The average Bonchev–Trinajstić information content (AvgIpc) is 3.19. The molecule has 2 aromatic heterocycles. The zero-order valence-corrected chi connectivity index (χ0v) is 19.4. The number of thioether (sulfide) groups is 1.